The Kier molecular flexibility index (Phi) is 4.72. The Morgan fingerprint density at radius 2 is 1.76 bits per heavy atom. The molecule has 4 nitrogen and oxygen atoms in total. The molecule has 1 amide bonds. The number of rotatable bonds is 4. The number of nitrogens with zero attached hydrogens (tertiary/aromatic N) is 1. The topological polar surface area (TPSA) is 57.6 Å². The number of carbonyl (C=O) groups excluding carboxylic acids is 2. The second-order valence-electron chi connectivity index (χ2n) is 5.66. The van der Waals surface area contributed by atoms with Crippen molar-refractivity contribution in [3.8, 4) is 0 Å². The molecule has 2 aromatic rings. The molecule has 0 bridgehead atoms. The average Bonchev–Trinajstić information content (AvgIpc) is 2.88. The van der Waals surface area contributed by atoms with Gasteiger partial charge in [0.2, 0.25) is 0 Å². The molecule has 1 unspecified atom stereocenters. The zero-order chi connectivity index (χ0) is 18.0. The van der Waals surface area contributed by atoms with Crippen molar-refractivity contribution >= 4 is 29.1 Å². The van der Waals surface area contributed by atoms with Crippen LogP contribution in [-0.2, 0) is 9.59 Å². The summed E-state index contributed by atoms with van der Waals surface area (Å²) in [5.41, 5.74) is 1.25. The second-order valence-corrected chi connectivity index (χ2v) is 6.09. The number of ketones is 1. The molecule has 1 atom stereocenters. The Morgan fingerprint density at radius 1 is 1.12 bits per heavy atom. The molecule has 1 saturated heterocycles. The van der Waals surface area contributed by atoms with Crippen molar-refractivity contribution < 1.29 is 14.7 Å². The fourth-order valence-electron chi connectivity index (χ4n) is 2.95. The Balaban J connectivity index is 2.19. The van der Waals surface area contributed by atoms with Crippen LogP contribution in [0.5, 0.6) is 0 Å². The predicted octanol–water partition coefficient (Wildman–Crippen LogP) is 3.95. The van der Waals surface area contributed by atoms with Gasteiger partial charge < -0.3 is 10.0 Å². The number of hydrogen-bond acceptors (Lipinski definition) is 3. The van der Waals surface area contributed by atoms with E-state index in [2.05, 4.69) is 6.58 Å². The van der Waals surface area contributed by atoms with Crippen molar-refractivity contribution in [3.05, 3.63) is 89.0 Å². The summed E-state index contributed by atoms with van der Waals surface area (Å²) in [5, 5.41) is 11.3. The van der Waals surface area contributed by atoms with Crippen molar-refractivity contribution in [1.29, 1.82) is 0 Å². The van der Waals surface area contributed by atoms with Crippen LogP contribution in [0.3, 0.4) is 0 Å². The lowest BCUT2D eigenvalue weighted by molar-refractivity contribution is -0.139. The third kappa shape index (κ3) is 3.08. The smallest absolute Gasteiger partial charge is 0.295 e. The molecule has 1 heterocycles. The van der Waals surface area contributed by atoms with Gasteiger partial charge in [-0.15, -0.1) is 6.58 Å². The van der Waals surface area contributed by atoms with Crippen molar-refractivity contribution in [2.45, 2.75) is 6.04 Å². The lowest BCUT2D eigenvalue weighted by atomic mass is 9.95. The maximum atomic E-state index is 12.6. The number of amides is 1. The fraction of sp³-hybridized carbons (Fsp3) is 0.100. The van der Waals surface area contributed by atoms with Gasteiger partial charge in [-0.25, -0.2) is 0 Å². The normalized spacial score (nSPS) is 19.2. The van der Waals surface area contributed by atoms with Gasteiger partial charge in [0.15, 0.2) is 0 Å². The molecule has 1 fully saturated rings. The van der Waals surface area contributed by atoms with E-state index < -0.39 is 17.7 Å². The van der Waals surface area contributed by atoms with E-state index >= 15 is 0 Å². The van der Waals surface area contributed by atoms with Crippen LogP contribution in [-0.4, -0.2) is 28.2 Å². The molecule has 3 rings (SSSR count). The average molecular weight is 354 g/mol. The summed E-state index contributed by atoms with van der Waals surface area (Å²) < 4.78 is 0. The van der Waals surface area contributed by atoms with Crippen LogP contribution < -0.4 is 0 Å². The Morgan fingerprint density at radius 3 is 2.36 bits per heavy atom. The van der Waals surface area contributed by atoms with Crippen molar-refractivity contribution in [3.63, 3.8) is 0 Å². The highest BCUT2D eigenvalue weighted by Gasteiger charge is 2.45. The lowest BCUT2D eigenvalue weighted by Gasteiger charge is -2.24. The Bertz CT molecular complexity index is 856. The molecular weight excluding hydrogens is 338 g/mol. The first-order valence-electron chi connectivity index (χ1n) is 7.74. The molecule has 1 N–H and O–H groups in total. The van der Waals surface area contributed by atoms with Gasteiger partial charge >= 0.3 is 0 Å². The van der Waals surface area contributed by atoms with Crippen LogP contribution >= 0.6 is 11.6 Å². The molecule has 1 aliphatic heterocycles. The largest absolute Gasteiger partial charge is 0.507 e. The standard InChI is InChI=1S/C20H16ClNO3/c1-2-12-22-17(13-8-10-15(21)11-9-13)16(19(24)20(22)25)18(23)14-6-4-3-5-7-14/h2-11,17,23H,1,12H2/b18-16+. The molecule has 1 aliphatic rings. The molecule has 0 radical (unpaired) electrons. The molecule has 0 aromatic heterocycles. The molecule has 0 saturated carbocycles. The molecule has 126 valence electrons. The highest BCUT2D eigenvalue weighted by Crippen LogP contribution is 2.39. The lowest BCUT2D eigenvalue weighted by Crippen LogP contribution is -2.29. The Labute approximate surface area is 150 Å². The highest BCUT2D eigenvalue weighted by molar-refractivity contribution is 6.46. The zero-order valence-corrected chi connectivity index (χ0v) is 14.1. The molecule has 2 aromatic carbocycles. The number of benzene rings is 2. The second kappa shape index (κ2) is 6.95. The molecular formula is C20H16ClNO3. The number of hydrogen-bond donors (Lipinski definition) is 1. The van der Waals surface area contributed by atoms with Crippen LogP contribution in [0.15, 0.2) is 72.8 Å². The maximum absolute atomic E-state index is 12.6. The minimum atomic E-state index is -0.705. The van der Waals surface area contributed by atoms with E-state index in [4.69, 9.17) is 11.6 Å². The number of Topliss-reactive ketones (excluding diaryl/α,β-unsaturated/α-hetero) is 1. The summed E-state index contributed by atoms with van der Waals surface area (Å²) in [6, 6.07) is 14.9. The number of carbonyl (C=O) groups is 2. The molecule has 25 heavy (non-hydrogen) atoms. The predicted molar refractivity (Wildman–Crippen MR) is 97.1 cm³/mol. The number of halogens is 1. The molecule has 5 heteroatoms. The summed E-state index contributed by atoms with van der Waals surface area (Å²) in [6.45, 7) is 3.85. The third-order valence-electron chi connectivity index (χ3n) is 4.10. The SMILES string of the molecule is C=CCN1C(=O)C(=O)/C(=C(/O)c2ccccc2)C1c1ccc(Cl)cc1. The highest BCUT2D eigenvalue weighted by atomic mass is 35.5. The van der Waals surface area contributed by atoms with Gasteiger partial charge in [-0.3, -0.25) is 9.59 Å². The van der Waals surface area contributed by atoms with E-state index in [0.717, 1.165) is 0 Å². The van der Waals surface area contributed by atoms with E-state index in [1.165, 1.54) is 4.90 Å². The van der Waals surface area contributed by atoms with Gasteiger partial charge in [-0.1, -0.05) is 60.1 Å². The van der Waals surface area contributed by atoms with E-state index in [1.54, 1.807) is 54.6 Å². The Hall–Kier alpha value is -2.85. The fourth-order valence-corrected chi connectivity index (χ4v) is 3.08. The van der Waals surface area contributed by atoms with Gasteiger partial charge in [0.1, 0.15) is 5.76 Å². The van der Waals surface area contributed by atoms with E-state index in [0.29, 0.717) is 16.1 Å². The van der Waals surface area contributed by atoms with Gasteiger partial charge in [-0.05, 0) is 17.7 Å². The molecule has 0 aliphatic carbocycles. The zero-order valence-electron chi connectivity index (χ0n) is 13.4. The monoisotopic (exact) mass is 353 g/mol. The minimum Gasteiger partial charge on any atom is -0.507 e. The maximum Gasteiger partial charge on any atom is 0.295 e. The number of aliphatic hydroxyl groups excluding tert-OH is 1. The first-order chi connectivity index (χ1) is 12.0. The van der Waals surface area contributed by atoms with Crippen molar-refractivity contribution in [2.75, 3.05) is 6.54 Å². The van der Waals surface area contributed by atoms with Crippen LogP contribution in [0.25, 0.3) is 5.76 Å². The summed E-state index contributed by atoms with van der Waals surface area (Å²) in [7, 11) is 0. The summed E-state index contributed by atoms with van der Waals surface area (Å²) >= 11 is 5.94. The third-order valence-corrected chi connectivity index (χ3v) is 4.35. The first kappa shape index (κ1) is 17.0. The van der Waals surface area contributed by atoms with Gasteiger partial charge in [0.05, 0.1) is 11.6 Å². The molecule has 0 spiro atoms. The van der Waals surface area contributed by atoms with Crippen LogP contribution in [0.4, 0.5) is 0 Å². The summed E-state index contributed by atoms with van der Waals surface area (Å²) in [5.74, 6) is -1.55. The van der Waals surface area contributed by atoms with Crippen molar-refractivity contribution in [2.24, 2.45) is 0 Å². The van der Waals surface area contributed by atoms with E-state index in [-0.39, 0.29) is 17.9 Å². The van der Waals surface area contributed by atoms with Gasteiger partial charge in [0.25, 0.3) is 11.7 Å². The van der Waals surface area contributed by atoms with E-state index in [9.17, 15) is 14.7 Å². The van der Waals surface area contributed by atoms with Gasteiger partial charge in [-0.2, -0.15) is 0 Å². The quantitative estimate of drug-likeness (QED) is 0.392. The van der Waals surface area contributed by atoms with E-state index in [1.807, 2.05) is 6.07 Å². The first-order valence-corrected chi connectivity index (χ1v) is 8.12. The van der Waals surface area contributed by atoms with Crippen LogP contribution in [0, 0.1) is 0 Å². The number of aliphatic hydroxyl groups is 1. The van der Waals surface area contributed by atoms with Crippen LogP contribution in [0.2, 0.25) is 5.02 Å². The summed E-state index contributed by atoms with van der Waals surface area (Å²) in [4.78, 5) is 26.4. The summed E-state index contributed by atoms with van der Waals surface area (Å²) in [6.07, 6.45) is 1.55. The minimum absolute atomic E-state index is 0.0698. The van der Waals surface area contributed by atoms with Crippen molar-refractivity contribution in [1.82, 2.24) is 4.90 Å². The number of likely N-dealkylation sites (tertiary alicyclic amines) is 1. The van der Waals surface area contributed by atoms with Crippen LogP contribution in [0.1, 0.15) is 17.2 Å². The van der Waals surface area contributed by atoms with Gasteiger partial charge in [0, 0.05) is 17.1 Å².